The molecule has 0 heterocycles. The van der Waals surface area contributed by atoms with Gasteiger partial charge in [-0.1, -0.05) is 139 Å². The van der Waals surface area contributed by atoms with Crippen LogP contribution in [-0.2, 0) is 37.5 Å². The molecule has 56 heavy (non-hydrogen) atoms. The highest BCUT2D eigenvalue weighted by atomic mass is 31.2. The molecule has 0 aromatic heterocycles. The minimum atomic E-state index is -4.73. The molecule has 0 aliphatic rings. The van der Waals surface area contributed by atoms with Crippen LogP contribution in [0.15, 0.2) is 60.8 Å². The number of rotatable bonds is 39. The van der Waals surface area contributed by atoms with Crippen molar-refractivity contribution in [3.8, 4) is 0 Å². The number of allylic oxidation sites excluding steroid dienone is 10. The highest BCUT2D eigenvalue weighted by Crippen LogP contribution is 2.43. The van der Waals surface area contributed by atoms with Gasteiger partial charge < -0.3 is 25.2 Å². The van der Waals surface area contributed by atoms with Crippen LogP contribution in [0, 0.1) is 0 Å². The van der Waals surface area contributed by atoms with Gasteiger partial charge in [-0.3, -0.25) is 23.4 Å². The Morgan fingerprint density at radius 3 is 1.52 bits per heavy atom. The van der Waals surface area contributed by atoms with Crippen LogP contribution >= 0.6 is 7.82 Å². The van der Waals surface area contributed by atoms with E-state index in [0.717, 1.165) is 77.0 Å². The average molecular weight is 810 g/mol. The molecule has 0 aromatic carbocycles. The van der Waals surface area contributed by atoms with Gasteiger partial charge in [-0.2, -0.15) is 0 Å². The quantitative estimate of drug-likeness (QED) is 0.0233. The zero-order valence-electron chi connectivity index (χ0n) is 34.7. The summed E-state index contributed by atoms with van der Waals surface area (Å²) in [6, 6.07) is -1.53. The van der Waals surface area contributed by atoms with E-state index in [1.54, 1.807) is 0 Å². The molecule has 0 aromatic rings. The van der Waals surface area contributed by atoms with Crippen LogP contribution in [0.3, 0.4) is 0 Å². The lowest BCUT2D eigenvalue weighted by Crippen LogP contribution is -2.34. The minimum Gasteiger partial charge on any atom is -0.480 e. The van der Waals surface area contributed by atoms with E-state index in [1.807, 2.05) is 0 Å². The zero-order chi connectivity index (χ0) is 41.4. The van der Waals surface area contributed by atoms with Gasteiger partial charge >= 0.3 is 25.7 Å². The predicted molar refractivity (Wildman–Crippen MR) is 226 cm³/mol. The van der Waals surface area contributed by atoms with E-state index in [9.17, 15) is 23.8 Å². The van der Waals surface area contributed by atoms with Gasteiger partial charge in [0.2, 0.25) is 0 Å². The molecular weight excluding hydrogens is 733 g/mol. The van der Waals surface area contributed by atoms with E-state index in [0.29, 0.717) is 12.8 Å². The molecule has 0 spiro atoms. The predicted octanol–water partition coefficient (Wildman–Crippen LogP) is 11.2. The highest BCUT2D eigenvalue weighted by molar-refractivity contribution is 7.47. The number of hydrogen-bond donors (Lipinski definition) is 3. The summed E-state index contributed by atoms with van der Waals surface area (Å²) in [5, 5.41) is 8.88. The van der Waals surface area contributed by atoms with E-state index in [4.69, 9.17) is 24.8 Å². The molecule has 0 saturated heterocycles. The standard InChI is InChI=1S/C44H76NO10P/c1-3-5-7-9-11-13-15-17-19-20-22-24-26-28-30-32-34-36-43(47)55-40(38-53-56(50,51)54-39-41(45)44(48)49)37-52-42(46)35-33-31-29-27-25-23-21-18-16-14-12-10-8-6-4-2/h5,7,11,13-14,16-17,19,22,24,40-41H,3-4,6,8-10,12,15,18,20-21,23,25-39,45H2,1-2H3,(H,48,49)(H,50,51)/b7-5-,13-11-,16-14-,19-17-,24-22-/t40-,41+/m1/s1. The molecular formula is C44H76NO10P. The smallest absolute Gasteiger partial charge is 0.472 e. The SMILES string of the molecule is CC/C=C\C/C=C\C/C=C\C/C=C\CCCCCCC(=O)O[C@H](COC(=O)CCCCCCCCC/C=C\CCCCCC)COP(=O)(O)OC[C@H](N)C(=O)O. The molecule has 0 amide bonds. The number of nitrogens with two attached hydrogens (primary N) is 1. The first kappa shape index (κ1) is 53.2. The molecule has 0 rings (SSSR count). The maximum atomic E-state index is 12.6. The van der Waals surface area contributed by atoms with Crippen LogP contribution in [0.2, 0.25) is 0 Å². The Bertz CT molecular complexity index is 1180. The Morgan fingerprint density at radius 1 is 0.571 bits per heavy atom. The number of ether oxygens (including phenoxy) is 2. The number of carbonyl (C=O) groups excluding carboxylic acids is 2. The molecule has 0 bridgehead atoms. The molecule has 3 atom stereocenters. The Balaban J connectivity index is 4.44. The monoisotopic (exact) mass is 810 g/mol. The molecule has 12 heteroatoms. The lowest BCUT2D eigenvalue weighted by molar-refractivity contribution is -0.161. The van der Waals surface area contributed by atoms with Gasteiger partial charge in [0.05, 0.1) is 13.2 Å². The Morgan fingerprint density at radius 2 is 1.00 bits per heavy atom. The van der Waals surface area contributed by atoms with Crippen LogP contribution in [0.5, 0.6) is 0 Å². The fraction of sp³-hybridized carbons (Fsp3) is 0.705. The average Bonchev–Trinajstić information content (AvgIpc) is 3.17. The van der Waals surface area contributed by atoms with Crippen molar-refractivity contribution in [3.63, 3.8) is 0 Å². The van der Waals surface area contributed by atoms with E-state index in [1.165, 1.54) is 51.4 Å². The lowest BCUT2D eigenvalue weighted by atomic mass is 10.1. The molecule has 0 fully saturated rings. The number of phosphoric acid groups is 1. The van der Waals surface area contributed by atoms with Gasteiger partial charge in [-0.15, -0.1) is 0 Å². The summed E-state index contributed by atoms with van der Waals surface area (Å²) >= 11 is 0. The maximum absolute atomic E-state index is 12.6. The Kier molecular flexibility index (Phi) is 37.1. The van der Waals surface area contributed by atoms with Crippen molar-refractivity contribution in [2.24, 2.45) is 5.73 Å². The third kappa shape index (κ3) is 38.1. The van der Waals surface area contributed by atoms with Crippen molar-refractivity contribution in [1.29, 1.82) is 0 Å². The fourth-order valence-electron chi connectivity index (χ4n) is 5.40. The van der Waals surface area contributed by atoms with E-state index in [2.05, 4.69) is 79.1 Å². The van der Waals surface area contributed by atoms with Crippen LogP contribution in [0.1, 0.15) is 168 Å². The van der Waals surface area contributed by atoms with E-state index >= 15 is 0 Å². The van der Waals surface area contributed by atoms with Crippen LogP contribution in [0.4, 0.5) is 0 Å². The summed E-state index contributed by atoms with van der Waals surface area (Å²) < 4.78 is 32.6. The van der Waals surface area contributed by atoms with Gasteiger partial charge in [0.1, 0.15) is 12.6 Å². The molecule has 0 radical (unpaired) electrons. The maximum Gasteiger partial charge on any atom is 0.472 e. The van der Waals surface area contributed by atoms with Crippen molar-refractivity contribution in [2.75, 3.05) is 19.8 Å². The number of unbranched alkanes of at least 4 members (excludes halogenated alkanes) is 15. The van der Waals surface area contributed by atoms with Crippen molar-refractivity contribution >= 4 is 25.7 Å². The first-order valence-electron chi connectivity index (χ1n) is 21.3. The van der Waals surface area contributed by atoms with Gasteiger partial charge in [0.15, 0.2) is 6.10 Å². The number of esters is 2. The first-order chi connectivity index (χ1) is 27.1. The van der Waals surface area contributed by atoms with Crippen molar-refractivity contribution in [1.82, 2.24) is 0 Å². The fourth-order valence-corrected chi connectivity index (χ4v) is 6.18. The molecule has 1 unspecified atom stereocenters. The largest absolute Gasteiger partial charge is 0.480 e. The van der Waals surface area contributed by atoms with E-state index in [-0.39, 0.29) is 19.4 Å². The third-order valence-electron chi connectivity index (χ3n) is 8.75. The van der Waals surface area contributed by atoms with Crippen LogP contribution < -0.4 is 5.73 Å². The molecule has 0 aliphatic carbocycles. The summed E-state index contributed by atoms with van der Waals surface area (Å²) in [6.07, 6.45) is 44.2. The summed E-state index contributed by atoms with van der Waals surface area (Å²) in [6.45, 7) is 2.64. The number of carboxylic acids is 1. The molecule has 4 N–H and O–H groups in total. The number of phosphoric ester groups is 1. The molecule has 0 saturated carbocycles. The third-order valence-corrected chi connectivity index (χ3v) is 9.70. The molecule has 322 valence electrons. The van der Waals surface area contributed by atoms with Gasteiger partial charge in [0.25, 0.3) is 0 Å². The zero-order valence-corrected chi connectivity index (χ0v) is 35.6. The molecule has 0 aliphatic heterocycles. The highest BCUT2D eigenvalue weighted by Gasteiger charge is 2.28. The topological polar surface area (TPSA) is 172 Å². The number of hydrogen-bond acceptors (Lipinski definition) is 9. The number of carbonyl (C=O) groups is 3. The molecule has 11 nitrogen and oxygen atoms in total. The second-order valence-electron chi connectivity index (χ2n) is 14.1. The summed E-state index contributed by atoms with van der Waals surface area (Å²) in [7, 11) is -4.73. The second kappa shape index (κ2) is 39.0. The van der Waals surface area contributed by atoms with Crippen LogP contribution in [-0.4, -0.2) is 59.9 Å². The summed E-state index contributed by atoms with van der Waals surface area (Å²) in [5.74, 6) is -2.42. The van der Waals surface area contributed by atoms with Gasteiger partial charge in [-0.25, -0.2) is 4.57 Å². The first-order valence-corrected chi connectivity index (χ1v) is 22.8. The minimum absolute atomic E-state index is 0.130. The van der Waals surface area contributed by atoms with Crippen molar-refractivity contribution in [2.45, 2.75) is 180 Å². The van der Waals surface area contributed by atoms with Crippen LogP contribution in [0.25, 0.3) is 0 Å². The van der Waals surface area contributed by atoms with Gasteiger partial charge in [0, 0.05) is 12.8 Å². The van der Waals surface area contributed by atoms with Crippen molar-refractivity contribution < 1.29 is 47.5 Å². The summed E-state index contributed by atoms with van der Waals surface area (Å²) in [5.41, 5.74) is 5.33. The number of carboxylic acid groups (broad SMARTS) is 1. The van der Waals surface area contributed by atoms with E-state index < -0.39 is 51.1 Å². The summed E-state index contributed by atoms with van der Waals surface area (Å²) in [4.78, 5) is 45.9. The number of aliphatic carboxylic acids is 1. The Hall–Kier alpha value is -2.82. The second-order valence-corrected chi connectivity index (χ2v) is 15.5. The normalized spacial score (nSPS) is 14.4. The Labute approximate surface area is 338 Å². The van der Waals surface area contributed by atoms with Crippen molar-refractivity contribution in [3.05, 3.63) is 60.8 Å². The van der Waals surface area contributed by atoms with Gasteiger partial charge in [-0.05, 0) is 77.0 Å². The lowest BCUT2D eigenvalue weighted by Gasteiger charge is -2.20.